The van der Waals surface area contributed by atoms with Gasteiger partial charge in [-0.2, -0.15) is 0 Å². The maximum atomic E-state index is 12.3. The summed E-state index contributed by atoms with van der Waals surface area (Å²) in [6, 6.07) is 12.2. The lowest BCUT2D eigenvalue weighted by molar-refractivity contribution is -0.384. The molecule has 0 aliphatic heterocycles. The zero-order chi connectivity index (χ0) is 24.3. The van der Waals surface area contributed by atoms with Gasteiger partial charge in [0, 0.05) is 37.1 Å². The number of hydrogen-bond acceptors (Lipinski definition) is 5. The van der Waals surface area contributed by atoms with Crippen molar-refractivity contribution in [2.24, 2.45) is 0 Å². The molecule has 2 N–H and O–H groups in total. The average molecular weight is 466 g/mol. The minimum atomic E-state index is -0.529. The van der Waals surface area contributed by atoms with Gasteiger partial charge in [-0.05, 0) is 31.9 Å². The summed E-state index contributed by atoms with van der Waals surface area (Å²) in [5, 5.41) is 16.8. The third-order valence-corrected chi connectivity index (χ3v) is 5.30. The molecular weight excluding hydrogens is 434 g/mol. The van der Waals surface area contributed by atoms with E-state index in [4.69, 9.17) is 4.74 Å². The molecule has 0 fully saturated rings. The summed E-state index contributed by atoms with van der Waals surface area (Å²) in [7, 11) is 0. The number of amides is 2. The maximum absolute atomic E-state index is 12.3. The molecule has 0 aliphatic carbocycles. The predicted octanol–water partition coefficient (Wildman–Crippen LogP) is 5.55. The van der Waals surface area contributed by atoms with Crippen molar-refractivity contribution in [3.8, 4) is 17.1 Å². The van der Waals surface area contributed by atoms with Crippen LogP contribution in [0.25, 0.3) is 11.4 Å². The molecule has 3 aromatic rings. The highest BCUT2D eigenvalue weighted by molar-refractivity contribution is 5.94. The molecule has 2 amide bonds. The summed E-state index contributed by atoms with van der Waals surface area (Å²) >= 11 is 0. The molecule has 1 aromatic heterocycles. The van der Waals surface area contributed by atoms with Gasteiger partial charge >= 0.3 is 6.03 Å². The molecule has 180 valence electrons. The van der Waals surface area contributed by atoms with Gasteiger partial charge in [-0.15, -0.1) is 0 Å². The summed E-state index contributed by atoms with van der Waals surface area (Å²) in [4.78, 5) is 27.7. The van der Waals surface area contributed by atoms with Gasteiger partial charge in [0.25, 0.3) is 5.69 Å². The van der Waals surface area contributed by atoms with Crippen LogP contribution < -0.4 is 15.4 Å². The van der Waals surface area contributed by atoms with Gasteiger partial charge in [0.05, 0.1) is 11.5 Å². The molecule has 0 saturated heterocycles. The van der Waals surface area contributed by atoms with Gasteiger partial charge in [0.15, 0.2) is 5.69 Å². The second-order valence-corrected chi connectivity index (χ2v) is 8.01. The van der Waals surface area contributed by atoms with Crippen LogP contribution in [0.5, 0.6) is 5.75 Å². The molecule has 0 aliphatic rings. The number of urea groups is 1. The number of carbonyl (C=O) groups excluding carboxylic acids is 1. The van der Waals surface area contributed by atoms with Crippen LogP contribution in [-0.2, 0) is 6.54 Å². The molecular formula is C25H31N5O4. The quantitative estimate of drug-likeness (QED) is 0.207. The Kier molecular flexibility index (Phi) is 9.02. The number of hydrogen-bond donors (Lipinski definition) is 2. The third kappa shape index (κ3) is 6.81. The first kappa shape index (κ1) is 24.8. The van der Waals surface area contributed by atoms with Gasteiger partial charge < -0.3 is 14.6 Å². The van der Waals surface area contributed by atoms with Crippen molar-refractivity contribution < 1.29 is 14.5 Å². The summed E-state index contributed by atoms with van der Waals surface area (Å²) in [5.74, 6) is 1.14. The average Bonchev–Trinajstić information content (AvgIpc) is 3.29. The Hall–Kier alpha value is -3.88. The number of nitro groups is 1. The Bertz CT molecular complexity index is 1110. The van der Waals surface area contributed by atoms with E-state index >= 15 is 0 Å². The number of imidazole rings is 1. The van der Waals surface area contributed by atoms with Gasteiger partial charge in [-0.25, -0.2) is 9.78 Å². The number of carbonyl (C=O) groups is 1. The Morgan fingerprint density at radius 3 is 2.76 bits per heavy atom. The lowest BCUT2D eigenvalue weighted by atomic mass is 10.1. The monoisotopic (exact) mass is 465 g/mol. The van der Waals surface area contributed by atoms with Gasteiger partial charge in [-0.3, -0.25) is 15.4 Å². The van der Waals surface area contributed by atoms with E-state index in [1.54, 1.807) is 18.3 Å². The number of aryl methyl sites for hydroxylation is 2. The van der Waals surface area contributed by atoms with Gasteiger partial charge in [0.1, 0.15) is 11.6 Å². The molecule has 34 heavy (non-hydrogen) atoms. The van der Waals surface area contributed by atoms with Crippen molar-refractivity contribution in [1.29, 1.82) is 0 Å². The molecule has 0 radical (unpaired) electrons. The van der Waals surface area contributed by atoms with Crippen LogP contribution in [0.1, 0.15) is 38.2 Å². The van der Waals surface area contributed by atoms with Gasteiger partial charge in [-0.1, -0.05) is 49.6 Å². The lowest BCUT2D eigenvalue weighted by Crippen LogP contribution is -2.30. The van der Waals surface area contributed by atoms with Crippen molar-refractivity contribution in [3.63, 3.8) is 0 Å². The van der Waals surface area contributed by atoms with E-state index in [9.17, 15) is 14.9 Å². The number of ether oxygens (including phenoxy) is 1. The van der Waals surface area contributed by atoms with Crippen molar-refractivity contribution in [1.82, 2.24) is 14.9 Å². The normalized spacial score (nSPS) is 10.6. The van der Waals surface area contributed by atoms with Gasteiger partial charge in [0.2, 0.25) is 0 Å². The van der Waals surface area contributed by atoms with Crippen LogP contribution in [0.15, 0.2) is 54.9 Å². The Morgan fingerprint density at radius 2 is 2.00 bits per heavy atom. The molecule has 3 rings (SSSR count). The first-order valence-corrected chi connectivity index (χ1v) is 11.5. The standard InChI is InChI=1S/C25H31N5O4/c1-3-4-5-13-27-25(31)28-23-21(30(32)33)11-7-12-22(23)34-17-8-15-29-16-14-26-24(29)20-10-6-9-19(2)18-20/h6-7,9-12,14,16,18H,3-5,8,13,15,17H2,1-2H3,(H2,27,28,31). The number of rotatable bonds is 12. The first-order chi connectivity index (χ1) is 16.5. The minimum absolute atomic E-state index is 0.0589. The number of unbranched alkanes of at least 4 members (excludes halogenated alkanes) is 2. The molecule has 9 heteroatoms. The van der Waals surface area contributed by atoms with E-state index < -0.39 is 11.0 Å². The zero-order valence-electron chi connectivity index (χ0n) is 19.6. The topological polar surface area (TPSA) is 111 Å². The maximum Gasteiger partial charge on any atom is 0.319 e. The Balaban J connectivity index is 1.62. The fourth-order valence-corrected chi connectivity index (χ4v) is 3.60. The minimum Gasteiger partial charge on any atom is -0.491 e. The summed E-state index contributed by atoms with van der Waals surface area (Å²) in [6.07, 6.45) is 7.23. The van der Waals surface area contributed by atoms with E-state index in [2.05, 4.69) is 33.2 Å². The second-order valence-electron chi connectivity index (χ2n) is 8.01. The first-order valence-electron chi connectivity index (χ1n) is 11.5. The summed E-state index contributed by atoms with van der Waals surface area (Å²) in [5.41, 5.74) is 2.05. The molecule has 0 bridgehead atoms. The van der Waals surface area contributed by atoms with Crippen LogP contribution in [0, 0.1) is 17.0 Å². The fourth-order valence-electron chi connectivity index (χ4n) is 3.60. The molecule has 0 saturated carbocycles. The highest BCUT2D eigenvalue weighted by Crippen LogP contribution is 2.34. The van der Waals surface area contributed by atoms with E-state index in [0.29, 0.717) is 26.1 Å². The van der Waals surface area contributed by atoms with Crippen molar-refractivity contribution in [2.45, 2.75) is 46.1 Å². The Morgan fingerprint density at radius 1 is 1.18 bits per heavy atom. The summed E-state index contributed by atoms with van der Waals surface area (Å²) < 4.78 is 7.90. The number of nitrogens with zero attached hydrogens (tertiary/aromatic N) is 3. The summed E-state index contributed by atoms with van der Waals surface area (Å²) in [6.45, 7) is 5.61. The molecule has 1 heterocycles. The molecule has 0 spiro atoms. The highest BCUT2D eigenvalue weighted by Gasteiger charge is 2.20. The van der Waals surface area contributed by atoms with E-state index in [-0.39, 0.29) is 17.1 Å². The molecule has 0 atom stereocenters. The smallest absolute Gasteiger partial charge is 0.319 e. The second kappa shape index (κ2) is 12.4. The van der Waals surface area contributed by atoms with E-state index in [1.807, 2.05) is 31.3 Å². The number of benzene rings is 2. The SMILES string of the molecule is CCCCCNC(=O)Nc1c(OCCCn2ccnc2-c2cccc(C)c2)cccc1[N+](=O)[O-]. The number of aromatic nitrogens is 2. The van der Waals surface area contributed by atoms with Crippen LogP contribution in [-0.4, -0.2) is 33.7 Å². The van der Waals surface area contributed by atoms with Crippen molar-refractivity contribution >= 4 is 17.4 Å². The highest BCUT2D eigenvalue weighted by atomic mass is 16.6. The molecule has 9 nitrogen and oxygen atoms in total. The van der Waals surface area contributed by atoms with Crippen LogP contribution in [0.4, 0.5) is 16.2 Å². The number of nitrogens with one attached hydrogen (secondary N) is 2. The van der Waals surface area contributed by atoms with Crippen LogP contribution in [0.3, 0.4) is 0 Å². The number of anilines is 1. The lowest BCUT2D eigenvalue weighted by Gasteiger charge is -2.14. The number of para-hydroxylation sites is 1. The fraction of sp³-hybridized carbons (Fsp3) is 0.360. The largest absolute Gasteiger partial charge is 0.491 e. The van der Waals surface area contributed by atoms with Crippen LogP contribution in [0.2, 0.25) is 0 Å². The molecule has 0 unspecified atom stereocenters. The molecule has 2 aromatic carbocycles. The predicted molar refractivity (Wildman–Crippen MR) is 132 cm³/mol. The van der Waals surface area contributed by atoms with E-state index in [0.717, 1.165) is 36.2 Å². The number of nitro benzene ring substituents is 1. The Labute approximate surface area is 199 Å². The zero-order valence-corrected chi connectivity index (χ0v) is 19.6. The van der Waals surface area contributed by atoms with Crippen molar-refractivity contribution in [3.05, 3.63) is 70.5 Å². The van der Waals surface area contributed by atoms with E-state index in [1.165, 1.54) is 6.07 Å². The third-order valence-electron chi connectivity index (χ3n) is 5.30. The van der Waals surface area contributed by atoms with Crippen LogP contribution >= 0.6 is 0 Å². The van der Waals surface area contributed by atoms with Crippen molar-refractivity contribution in [2.75, 3.05) is 18.5 Å².